The molecule has 4 nitrogen and oxygen atoms in total. The first-order valence-corrected chi connectivity index (χ1v) is 5.51. The smallest absolute Gasteiger partial charge is 0.341 e. The molecule has 0 bridgehead atoms. The topological polar surface area (TPSA) is 59.3 Å². The van der Waals surface area contributed by atoms with Crippen molar-refractivity contribution in [3.05, 3.63) is 57.9 Å². The van der Waals surface area contributed by atoms with E-state index in [0.29, 0.717) is 5.69 Å². The third kappa shape index (κ3) is 1.93. The van der Waals surface area contributed by atoms with Gasteiger partial charge in [-0.05, 0) is 12.5 Å². The number of pyridine rings is 1. The number of aryl methyl sites for hydroxylation is 1. The van der Waals surface area contributed by atoms with E-state index in [1.165, 1.54) is 6.07 Å². The number of hydrogen-bond acceptors (Lipinski definition) is 2. The molecule has 0 saturated carbocycles. The van der Waals surface area contributed by atoms with E-state index < -0.39 is 11.4 Å². The van der Waals surface area contributed by atoms with E-state index in [4.69, 9.17) is 0 Å². The lowest BCUT2D eigenvalue weighted by molar-refractivity contribution is 0.0695. The molecule has 1 N–H and O–H groups in total. The molecule has 1 aromatic heterocycles. The van der Waals surface area contributed by atoms with Crippen molar-refractivity contribution in [1.82, 2.24) is 4.57 Å². The van der Waals surface area contributed by atoms with Gasteiger partial charge in [0.25, 0.3) is 0 Å². The number of hydrogen-bond donors (Lipinski definition) is 1. The highest BCUT2D eigenvalue weighted by atomic mass is 16.4. The van der Waals surface area contributed by atoms with Gasteiger partial charge in [0.15, 0.2) is 5.43 Å². The lowest BCUT2D eigenvalue weighted by atomic mass is 10.0. The van der Waals surface area contributed by atoms with Crippen LogP contribution in [0.5, 0.6) is 0 Å². The zero-order valence-electron chi connectivity index (χ0n) is 10.2. The van der Waals surface area contributed by atoms with E-state index in [-0.39, 0.29) is 5.56 Å². The van der Waals surface area contributed by atoms with Gasteiger partial charge >= 0.3 is 5.97 Å². The minimum atomic E-state index is -1.20. The largest absolute Gasteiger partial charge is 0.477 e. The summed E-state index contributed by atoms with van der Waals surface area (Å²) in [5.74, 6) is -1.20. The van der Waals surface area contributed by atoms with E-state index in [0.717, 1.165) is 11.3 Å². The molecule has 0 aliphatic carbocycles. The molecular weight excluding hydrogens is 230 g/mol. The van der Waals surface area contributed by atoms with Crippen molar-refractivity contribution in [2.45, 2.75) is 6.92 Å². The summed E-state index contributed by atoms with van der Waals surface area (Å²) in [6, 6.07) is 10.4. The molecule has 0 fully saturated rings. The lowest BCUT2D eigenvalue weighted by Gasteiger charge is -2.14. The van der Waals surface area contributed by atoms with Crippen molar-refractivity contribution >= 4 is 5.97 Å². The fourth-order valence-corrected chi connectivity index (χ4v) is 1.96. The van der Waals surface area contributed by atoms with Gasteiger partial charge in [-0.15, -0.1) is 0 Å². The van der Waals surface area contributed by atoms with Crippen LogP contribution in [0.2, 0.25) is 0 Å². The molecule has 0 unspecified atom stereocenters. The Morgan fingerprint density at radius 1 is 1.22 bits per heavy atom. The van der Waals surface area contributed by atoms with E-state index in [1.54, 1.807) is 30.7 Å². The van der Waals surface area contributed by atoms with Gasteiger partial charge in [-0.1, -0.05) is 30.3 Å². The summed E-state index contributed by atoms with van der Waals surface area (Å²) in [5, 5.41) is 9.21. The lowest BCUT2D eigenvalue weighted by Crippen LogP contribution is -2.21. The molecule has 0 aliphatic heterocycles. The van der Waals surface area contributed by atoms with Crippen LogP contribution in [0.4, 0.5) is 0 Å². The van der Waals surface area contributed by atoms with Crippen LogP contribution in [0.15, 0.2) is 41.2 Å². The average molecular weight is 243 g/mol. The first-order valence-electron chi connectivity index (χ1n) is 5.51. The van der Waals surface area contributed by atoms with Crippen LogP contribution in [0.25, 0.3) is 11.3 Å². The molecule has 0 radical (unpaired) electrons. The van der Waals surface area contributed by atoms with Crippen molar-refractivity contribution in [1.29, 1.82) is 0 Å². The number of carbonyl (C=O) groups is 1. The molecular formula is C14H13NO3. The highest BCUT2D eigenvalue weighted by molar-refractivity contribution is 5.94. The number of aromatic nitrogens is 1. The SMILES string of the molecule is Cc1cc(=O)c(C(=O)O)c(-c2ccccc2)n1C. The van der Waals surface area contributed by atoms with E-state index in [1.807, 2.05) is 18.2 Å². The summed E-state index contributed by atoms with van der Waals surface area (Å²) in [6.07, 6.45) is 0. The molecule has 0 aliphatic rings. The summed E-state index contributed by atoms with van der Waals surface area (Å²) in [7, 11) is 1.75. The normalized spacial score (nSPS) is 10.3. The Bertz CT molecular complexity index is 657. The Morgan fingerprint density at radius 3 is 2.39 bits per heavy atom. The highest BCUT2D eigenvalue weighted by Gasteiger charge is 2.19. The van der Waals surface area contributed by atoms with Gasteiger partial charge in [0.05, 0.1) is 5.69 Å². The predicted molar refractivity (Wildman–Crippen MR) is 68.8 cm³/mol. The quantitative estimate of drug-likeness (QED) is 0.878. The van der Waals surface area contributed by atoms with E-state index in [9.17, 15) is 14.7 Å². The molecule has 2 rings (SSSR count). The minimum absolute atomic E-state index is 0.186. The Kier molecular flexibility index (Phi) is 3.02. The van der Waals surface area contributed by atoms with Gasteiger partial charge in [0, 0.05) is 18.8 Å². The van der Waals surface area contributed by atoms with Gasteiger partial charge in [-0.25, -0.2) is 4.79 Å². The Labute approximate surface area is 104 Å². The first-order chi connectivity index (χ1) is 8.52. The van der Waals surface area contributed by atoms with Crippen LogP contribution in [-0.2, 0) is 7.05 Å². The van der Waals surface area contributed by atoms with Crippen LogP contribution in [-0.4, -0.2) is 15.6 Å². The third-order valence-electron chi connectivity index (χ3n) is 2.95. The van der Waals surface area contributed by atoms with E-state index in [2.05, 4.69) is 0 Å². The Morgan fingerprint density at radius 2 is 1.83 bits per heavy atom. The van der Waals surface area contributed by atoms with Crippen LogP contribution in [0.3, 0.4) is 0 Å². The molecule has 18 heavy (non-hydrogen) atoms. The summed E-state index contributed by atoms with van der Waals surface area (Å²) >= 11 is 0. The summed E-state index contributed by atoms with van der Waals surface area (Å²) in [5.41, 5.74) is 1.24. The molecule has 0 amide bonds. The van der Waals surface area contributed by atoms with Crippen LogP contribution < -0.4 is 5.43 Å². The number of carboxylic acid groups (broad SMARTS) is 1. The average Bonchev–Trinajstić information content (AvgIpc) is 2.34. The molecule has 0 spiro atoms. The number of rotatable bonds is 2. The fourth-order valence-electron chi connectivity index (χ4n) is 1.96. The molecule has 0 saturated heterocycles. The Balaban J connectivity index is 2.88. The number of benzene rings is 1. The van der Waals surface area contributed by atoms with Crippen molar-refractivity contribution in [2.75, 3.05) is 0 Å². The van der Waals surface area contributed by atoms with Gasteiger partial charge < -0.3 is 9.67 Å². The summed E-state index contributed by atoms with van der Waals surface area (Å²) in [6.45, 7) is 1.78. The maximum atomic E-state index is 11.8. The monoisotopic (exact) mass is 243 g/mol. The van der Waals surface area contributed by atoms with Gasteiger partial charge in [0.2, 0.25) is 0 Å². The zero-order valence-corrected chi connectivity index (χ0v) is 10.2. The zero-order chi connectivity index (χ0) is 13.3. The maximum Gasteiger partial charge on any atom is 0.341 e. The number of carboxylic acids is 1. The molecule has 1 aromatic carbocycles. The fraction of sp³-hybridized carbons (Fsp3) is 0.143. The minimum Gasteiger partial charge on any atom is -0.477 e. The molecule has 4 heteroatoms. The van der Waals surface area contributed by atoms with Crippen LogP contribution in [0.1, 0.15) is 16.1 Å². The van der Waals surface area contributed by atoms with Crippen LogP contribution >= 0.6 is 0 Å². The van der Waals surface area contributed by atoms with Crippen LogP contribution in [0, 0.1) is 6.92 Å². The second-order valence-corrected chi connectivity index (χ2v) is 4.10. The number of nitrogens with zero attached hydrogens (tertiary/aromatic N) is 1. The second-order valence-electron chi connectivity index (χ2n) is 4.10. The standard InChI is InChI=1S/C14H13NO3/c1-9-8-11(16)12(14(17)18)13(15(9)2)10-6-4-3-5-7-10/h3-8H,1-2H3,(H,17,18). The summed E-state index contributed by atoms with van der Waals surface area (Å²) in [4.78, 5) is 23.1. The maximum absolute atomic E-state index is 11.8. The number of aromatic carboxylic acids is 1. The van der Waals surface area contributed by atoms with Gasteiger partial charge in [-0.2, -0.15) is 0 Å². The highest BCUT2D eigenvalue weighted by Crippen LogP contribution is 2.22. The molecule has 2 aromatic rings. The van der Waals surface area contributed by atoms with Crippen molar-refractivity contribution in [3.63, 3.8) is 0 Å². The van der Waals surface area contributed by atoms with Crippen molar-refractivity contribution in [2.24, 2.45) is 7.05 Å². The molecule has 92 valence electrons. The predicted octanol–water partition coefficient (Wildman–Crippen LogP) is 2.06. The Hall–Kier alpha value is -2.36. The van der Waals surface area contributed by atoms with Crippen molar-refractivity contribution in [3.8, 4) is 11.3 Å². The third-order valence-corrected chi connectivity index (χ3v) is 2.95. The first kappa shape index (κ1) is 12.1. The molecule has 1 heterocycles. The van der Waals surface area contributed by atoms with Crippen molar-refractivity contribution < 1.29 is 9.90 Å². The van der Waals surface area contributed by atoms with Gasteiger partial charge in [-0.3, -0.25) is 4.79 Å². The second kappa shape index (κ2) is 4.49. The van der Waals surface area contributed by atoms with Gasteiger partial charge in [0.1, 0.15) is 5.56 Å². The molecule has 0 atom stereocenters. The van der Waals surface area contributed by atoms with E-state index >= 15 is 0 Å². The summed E-state index contributed by atoms with van der Waals surface area (Å²) < 4.78 is 1.72.